The summed E-state index contributed by atoms with van der Waals surface area (Å²) in [5, 5.41) is 4.27. The van der Waals surface area contributed by atoms with Gasteiger partial charge in [-0.25, -0.2) is 14.6 Å². The van der Waals surface area contributed by atoms with Gasteiger partial charge in [0.1, 0.15) is 13.2 Å². The van der Waals surface area contributed by atoms with Crippen molar-refractivity contribution in [2.45, 2.75) is 6.92 Å². The fourth-order valence-corrected chi connectivity index (χ4v) is 2.49. The molecule has 11 heteroatoms. The van der Waals surface area contributed by atoms with Crippen LogP contribution in [-0.2, 0) is 9.47 Å². The van der Waals surface area contributed by atoms with Crippen LogP contribution in [0, 0.1) is 0 Å². The van der Waals surface area contributed by atoms with Gasteiger partial charge in [-0.2, -0.15) is 0 Å². The molecule has 0 aliphatic carbocycles. The lowest BCUT2D eigenvalue weighted by Crippen LogP contribution is -2.14. The molecule has 0 unspecified atom stereocenters. The Morgan fingerprint density at radius 1 is 1.21 bits per heavy atom. The van der Waals surface area contributed by atoms with E-state index in [1.165, 1.54) is 24.5 Å². The lowest BCUT2D eigenvalue weighted by Gasteiger charge is -2.08. The van der Waals surface area contributed by atoms with E-state index in [0.29, 0.717) is 5.02 Å². The molecule has 2 rings (SSSR count). The van der Waals surface area contributed by atoms with Crippen molar-refractivity contribution in [3.63, 3.8) is 0 Å². The fraction of sp³-hybridized carbons (Fsp3) is 0.333. The topological polar surface area (TPSA) is 103 Å². The van der Waals surface area contributed by atoms with Gasteiger partial charge in [0, 0.05) is 19.1 Å². The maximum atomic E-state index is 12.2. The van der Waals surface area contributed by atoms with E-state index in [-0.39, 0.29) is 47.7 Å². The molecule has 1 heterocycles. The molecule has 1 aromatic heterocycles. The maximum Gasteiger partial charge on any atom is 0.349 e. The summed E-state index contributed by atoms with van der Waals surface area (Å²) in [5.41, 5.74) is 0.113. The van der Waals surface area contributed by atoms with E-state index in [1.807, 2.05) is 0 Å². The van der Waals surface area contributed by atoms with Crippen molar-refractivity contribution in [2.24, 2.45) is 4.99 Å². The van der Waals surface area contributed by atoms with Crippen molar-refractivity contribution in [3.8, 4) is 5.88 Å². The Hall–Kier alpha value is -2.78. The molecule has 0 aliphatic heterocycles. The van der Waals surface area contributed by atoms with Crippen LogP contribution in [0.15, 0.2) is 27.7 Å². The SMILES string of the molecule is CCOC(=O)c1c(OCCOC(=O)c2ccc(Cl)cc2Cl)noc1N=CN(C)C. The third kappa shape index (κ3) is 6.37. The third-order valence-corrected chi connectivity index (χ3v) is 3.78. The smallest absolute Gasteiger partial charge is 0.349 e. The molecule has 1 aromatic carbocycles. The Bertz CT molecular complexity index is 898. The molecule has 2 aromatic rings. The van der Waals surface area contributed by atoms with Crippen molar-refractivity contribution >= 4 is 47.4 Å². The molecule has 0 spiro atoms. The quantitative estimate of drug-likeness (QED) is 0.250. The maximum absolute atomic E-state index is 12.2. The van der Waals surface area contributed by atoms with E-state index in [1.54, 1.807) is 25.9 Å². The van der Waals surface area contributed by atoms with E-state index < -0.39 is 11.9 Å². The molecular formula is C18H19Cl2N3O6. The second-order valence-corrected chi connectivity index (χ2v) is 6.55. The van der Waals surface area contributed by atoms with Crippen molar-refractivity contribution in [1.82, 2.24) is 10.1 Å². The largest absolute Gasteiger partial charge is 0.471 e. The first-order valence-electron chi connectivity index (χ1n) is 8.45. The number of carbonyl (C=O) groups excluding carboxylic acids is 2. The van der Waals surface area contributed by atoms with Gasteiger partial charge in [0.2, 0.25) is 0 Å². The molecular weight excluding hydrogens is 425 g/mol. The Labute approximate surface area is 177 Å². The molecule has 0 amide bonds. The van der Waals surface area contributed by atoms with Gasteiger partial charge in [-0.1, -0.05) is 23.2 Å². The summed E-state index contributed by atoms with van der Waals surface area (Å²) in [6, 6.07) is 4.42. The zero-order valence-corrected chi connectivity index (χ0v) is 17.5. The predicted molar refractivity (Wildman–Crippen MR) is 107 cm³/mol. The summed E-state index contributed by atoms with van der Waals surface area (Å²) in [6.07, 6.45) is 1.44. The number of ether oxygens (including phenoxy) is 3. The van der Waals surface area contributed by atoms with Crippen LogP contribution in [-0.4, -0.2) is 62.2 Å². The first-order chi connectivity index (χ1) is 13.8. The second-order valence-electron chi connectivity index (χ2n) is 5.71. The molecule has 0 aliphatic rings. The van der Waals surface area contributed by atoms with Crippen LogP contribution < -0.4 is 4.74 Å². The number of hydrogen-bond donors (Lipinski definition) is 0. The van der Waals surface area contributed by atoms with Crippen LogP contribution in [0.25, 0.3) is 0 Å². The van der Waals surface area contributed by atoms with E-state index in [4.69, 9.17) is 41.9 Å². The average molecular weight is 444 g/mol. The van der Waals surface area contributed by atoms with E-state index in [0.717, 1.165) is 0 Å². The Balaban J connectivity index is 2.00. The number of benzene rings is 1. The number of esters is 2. The van der Waals surface area contributed by atoms with Gasteiger partial charge in [-0.15, -0.1) is 0 Å². The highest BCUT2D eigenvalue weighted by Crippen LogP contribution is 2.29. The van der Waals surface area contributed by atoms with Crippen molar-refractivity contribution in [1.29, 1.82) is 0 Å². The van der Waals surface area contributed by atoms with E-state index in [2.05, 4.69) is 10.1 Å². The number of hydrogen-bond acceptors (Lipinski definition) is 8. The van der Waals surface area contributed by atoms with Gasteiger partial charge in [0.05, 0.1) is 23.5 Å². The highest BCUT2D eigenvalue weighted by molar-refractivity contribution is 6.36. The van der Waals surface area contributed by atoms with E-state index >= 15 is 0 Å². The molecule has 0 saturated carbocycles. The first kappa shape index (κ1) is 22.5. The van der Waals surface area contributed by atoms with Crippen LogP contribution in [0.5, 0.6) is 5.88 Å². The van der Waals surface area contributed by atoms with Crippen molar-refractivity contribution in [2.75, 3.05) is 33.9 Å². The standard InChI is InChI=1S/C18H19Cl2N3O6/c1-4-26-18(25)14-15(21-10-23(2)3)29-22-16(14)27-7-8-28-17(24)12-6-5-11(19)9-13(12)20/h5-6,9-10H,4,7-8H2,1-3H3. The lowest BCUT2D eigenvalue weighted by atomic mass is 10.2. The predicted octanol–water partition coefficient (Wildman–Crippen LogP) is 3.62. The summed E-state index contributed by atoms with van der Waals surface area (Å²) in [6.45, 7) is 1.60. The van der Waals surface area contributed by atoms with Gasteiger partial charge < -0.3 is 23.6 Å². The first-order valence-corrected chi connectivity index (χ1v) is 9.21. The van der Waals surface area contributed by atoms with Crippen LogP contribution in [0.4, 0.5) is 5.88 Å². The zero-order valence-electron chi connectivity index (χ0n) is 16.0. The fourth-order valence-electron chi connectivity index (χ4n) is 2.01. The molecule has 0 atom stereocenters. The summed E-state index contributed by atoms with van der Waals surface area (Å²) >= 11 is 11.8. The monoisotopic (exact) mass is 443 g/mol. The molecule has 9 nitrogen and oxygen atoms in total. The normalized spacial score (nSPS) is 10.8. The summed E-state index contributed by atoms with van der Waals surface area (Å²) in [4.78, 5) is 29.9. The number of nitrogens with zero attached hydrogens (tertiary/aromatic N) is 3. The van der Waals surface area contributed by atoms with Crippen LogP contribution in [0.2, 0.25) is 10.0 Å². The number of aromatic nitrogens is 1. The number of halogens is 2. The third-order valence-electron chi connectivity index (χ3n) is 3.23. The molecule has 0 bridgehead atoms. The zero-order chi connectivity index (χ0) is 21.4. The average Bonchev–Trinajstić information content (AvgIpc) is 3.06. The molecule has 29 heavy (non-hydrogen) atoms. The van der Waals surface area contributed by atoms with Crippen LogP contribution >= 0.6 is 23.2 Å². The summed E-state index contributed by atoms with van der Waals surface area (Å²) in [5.74, 6) is -1.51. The summed E-state index contributed by atoms with van der Waals surface area (Å²) in [7, 11) is 3.51. The number of rotatable bonds is 9. The van der Waals surface area contributed by atoms with Crippen molar-refractivity contribution in [3.05, 3.63) is 39.4 Å². The summed E-state index contributed by atoms with van der Waals surface area (Å²) < 4.78 is 20.5. The Kier molecular flexibility index (Phi) is 8.29. The molecule has 0 N–H and O–H groups in total. The van der Waals surface area contributed by atoms with Crippen LogP contribution in [0.1, 0.15) is 27.6 Å². The molecule has 0 fully saturated rings. The highest BCUT2D eigenvalue weighted by atomic mass is 35.5. The molecule has 156 valence electrons. The Morgan fingerprint density at radius 3 is 2.62 bits per heavy atom. The van der Waals surface area contributed by atoms with E-state index in [9.17, 15) is 9.59 Å². The highest BCUT2D eigenvalue weighted by Gasteiger charge is 2.26. The van der Waals surface area contributed by atoms with Gasteiger partial charge in [0.15, 0.2) is 5.56 Å². The minimum absolute atomic E-state index is 0.0582. The van der Waals surface area contributed by atoms with Gasteiger partial charge in [-0.05, 0) is 30.3 Å². The lowest BCUT2D eigenvalue weighted by molar-refractivity contribution is 0.0434. The van der Waals surface area contributed by atoms with Crippen LogP contribution in [0.3, 0.4) is 0 Å². The molecule has 0 saturated heterocycles. The number of carbonyl (C=O) groups is 2. The number of aliphatic imine (C=N–C) groups is 1. The molecule has 0 radical (unpaired) electrons. The van der Waals surface area contributed by atoms with Crippen molar-refractivity contribution < 1.29 is 28.3 Å². The minimum atomic E-state index is -0.695. The minimum Gasteiger partial charge on any atom is -0.471 e. The van der Waals surface area contributed by atoms with Gasteiger partial charge in [0.25, 0.3) is 11.8 Å². The second kappa shape index (κ2) is 10.7. The van der Waals surface area contributed by atoms with Gasteiger partial charge in [-0.3, -0.25) is 0 Å². The Morgan fingerprint density at radius 2 is 1.97 bits per heavy atom. The van der Waals surface area contributed by atoms with Gasteiger partial charge >= 0.3 is 11.9 Å².